The van der Waals surface area contributed by atoms with Crippen molar-refractivity contribution in [2.75, 3.05) is 5.32 Å². The summed E-state index contributed by atoms with van der Waals surface area (Å²) >= 11 is 1.42. The number of nitrogens with zero attached hydrogens (tertiary/aromatic N) is 1. The molecular weight excluding hydrogens is 360 g/mol. The molecule has 4 rings (SSSR count). The molecule has 2 aromatic carbocycles. The Morgan fingerprint density at radius 2 is 1.59 bits per heavy atom. The van der Waals surface area contributed by atoms with Crippen LogP contribution in [0, 0.1) is 0 Å². The van der Waals surface area contributed by atoms with Crippen LogP contribution in [0.5, 0.6) is 0 Å². The number of ketones is 2. The molecule has 0 radical (unpaired) electrons. The summed E-state index contributed by atoms with van der Waals surface area (Å²) in [5.74, 6) is -0.470. The first kappa shape index (κ1) is 17.3. The third-order valence-electron chi connectivity index (χ3n) is 4.50. The smallest absolute Gasteiger partial charge is 0.257 e. The average molecular weight is 376 g/mol. The standard InChI is InChI=1S/C21H16N2O3S/c1-11(2)17-10-22-21(27-17)23-20(26)12-7-8-15-16(9-12)19(25)14-6-4-3-5-13(14)18(15)24/h3-11H,1-2H3,(H,22,23,26). The van der Waals surface area contributed by atoms with Crippen molar-refractivity contribution >= 4 is 33.9 Å². The van der Waals surface area contributed by atoms with Crippen molar-refractivity contribution in [2.24, 2.45) is 0 Å². The lowest BCUT2D eigenvalue weighted by atomic mass is 9.83. The van der Waals surface area contributed by atoms with Crippen LogP contribution in [0.4, 0.5) is 5.13 Å². The molecule has 0 aliphatic heterocycles. The summed E-state index contributed by atoms with van der Waals surface area (Å²) in [7, 11) is 0. The molecule has 1 aliphatic rings. The molecule has 0 spiro atoms. The molecule has 1 amide bonds. The van der Waals surface area contributed by atoms with E-state index in [2.05, 4.69) is 24.1 Å². The molecule has 1 aliphatic carbocycles. The maximum absolute atomic E-state index is 12.8. The third-order valence-corrected chi connectivity index (χ3v) is 5.71. The number of anilines is 1. The van der Waals surface area contributed by atoms with Crippen molar-refractivity contribution in [2.45, 2.75) is 19.8 Å². The minimum atomic E-state index is -0.360. The summed E-state index contributed by atoms with van der Waals surface area (Å²) in [6, 6.07) is 11.3. The lowest BCUT2D eigenvalue weighted by Crippen LogP contribution is -2.22. The SMILES string of the molecule is CC(C)c1cnc(NC(=O)c2ccc3c(c2)C(=O)c2ccccc2C3=O)s1. The van der Waals surface area contributed by atoms with Crippen LogP contribution in [0.15, 0.2) is 48.7 Å². The van der Waals surface area contributed by atoms with Gasteiger partial charge in [-0.25, -0.2) is 4.98 Å². The van der Waals surface area contributed by atoms with Gasteiger partial charge in [0.1, 0.15) is 0 Å². The van der Waals surface area contributed by atoms with Crippen molar-refractivity contribution in [3.63, 3.8) is 0 Å². The molecule has 134 valence electrons. The second kappa shape index (κ2) is 6.55. The van der Waals surface area contributed by atoms with Crippen LogP contribution >= 0.6 is 11.3 Å². The molecule has 0 unspecified atom stereocenters. The number of fused-ring (bicyclic) bond motifs is 2. The monoisotopic (exact) mass is 376 g/mol. The fourth-order valence-corrected chi connectivity index (χ4v) is 3.83. The largest absolute Gasteiger partial charge is 0.298 e. The van der Waals surface area contributed by atoms with E-state index < -0.39 is 0 Å². The van der Waals surface area contributed by atoms with E-state index in [4.69, 9.17) is 0 Å². The number of benzene rings is 2. The highest BCUT2D eigenvalue weighted by molar-refractivity contribution is 7.15. The lowest BCUT2D eigenvalue weighted by molar-refractivity contribution is 0.0978. The Bertz CT molecular complexity index is 1100. The highest BCUT2D eigenvalue weighted by atomic mass is 32.1. The molecular formula is C21H16N2O3S. The van der Waals surface area contributed by atoms with E-state index in [-0.39, 0.29) is 23.0 Å². The molecule has 6 heteroatoms. The van der Waals surface area contributed by atoms with Gasteiger partial charge in [-0.05, 0) is 24.1 Å². The average Bonchev–Trinajstić information content (AvgIpc) is 3.14. The molecule has 3 aromatic rings. The summed E-state index contributed by atoms with van der Waals surface area (Å²) in [5, 5.41) is 3.27. The Labute approximate surface area is 160 Å². The first-order chi connectivity index (χ1) is 13.0. The number of hydrogen-bond donors (Lipinski definition) is 1. The lowest BCUT2D eigenvalue weighted by Gasteiger charge is -2.17. The summed E-state index contributed by atoms with van der Waals surface area (Å²) in [6.45, 7) is 4.12. The number of carbonyl (C=O) groups excluding carboxylic acids is 3. The summed E-state index contributed by atoms with van der Waals surface area (Å²) in [6.07, 6.45) is 1.75. The van der Waals surface area contributed by atoms with Crippen molar-refractivity contribution in [3.05, 3.63) is 81.4 Å². The molecule has 0 saturated carbocycles. The Hall–Kier alpha value is -3.12. The quantitative estimate of drug-likeness (QED) is 0.579. The molecule has 1 heterocycles. The highest BCUT2D eigenvalue weighted by Gasteiger charge is 2.30. The molecule has 1 N–H and O–H groups in total. The van der Waals surface area contributed by atoms with Crippen LogP contribution in [-0.2, 0) is 0 Å². The van der Waals surface area contributed by atoms with Crippen LogP contribution in [0.3, 0.4) is 0 Å². The molecule has 27 heavy (non-hydrogen) atoms. The Morgan fingerprint density at radius 1 is 0.963 bits per heavy atom. The molecule has 0 bridgehead atoms. The van der Waals surface area contributed by atoms with Gasteiger partial charge in [0.05, 0.1) is 0 Å². The third kappa shape index (κ3) is 2.98. The fourth-order valence-electron chi connectivity index (χ4n) is 3.02. The second-order valence-corrected chi connectivity index (χ2v) is 7.70. The predicted octanol–water partition coefficient (Wildman–Crippen LogP) is 4.29. The minimum absolute atomic E-state index is 0.200. The number of thiazole rings is 1. The number of nitrogens with one attached hydrogen (secondary N) is 1. The zero-order chi connectivity index (χ0) is 19.1. The van der Waals surface area contributed by atoms with Gasteiger partial charge in [0.25, 0.3) is 5.91 Å². The van der Waals surface area contributed by atoms with Gasteiger partial charge in [0.2, 0.25) is 0 Å². The van der Waals surface area contributed by atoms with Crippen LogP contribution in [0.2, 0.25) is 0 Å². The van der Waals surface area contributed by atoms with Crippen molar-refractivity contribution in [1.29, 1.82) is 0 Å². The van der Waals surface area contributed by atoms with Crippen LogP contribution in [0.25, 0.3) is 0 Å². The Kier molecular flexibility index (Phi) is 4.20. The van der Waals surface area contributed by atoms with Crippen molar-refractivity contribution in [1.82, 2.24) is 4.98 Å². The van der Waals surface area contributed by atoms with E-state index in [1.807, 2.05) is 0 Å². The molecule has 0 fully saturated rings. The maximum atomic E-state index is 12.8. The van der Waals surface area contributed by atoms with Gasteiger partial charge in [-0.15, -0.1) is 11.3 Å². The Morgan fingerprint density at radius 3 is 2.22 bits per heavy atom. The zero-order valence-electron chi connectivity index (χ0n) is 14.8. The number of carbonyl (C=O) groups is 3. The number of hydrogen-bond acceptors (Lipinski definition) is 5. The van der Waals surface area contributed by atoms with Crippen molar-refractivity contribution < 1.29 is 14.4 Å². The molecule has 5 nitrogen and oxygen atoms in total. The van der Waals surface area contributed by atoms with Gasteiger partial charge in [-0.2, -0.15) is 0 Å². The number of aromatic nitrogens is 1. The van der Waals surface area contributed by atoms with Crippen LogP contribution in [-0.4, -0.2) is 22.5 Å². The summed E-state index contributed by atoms with van der Waals surface area (Å²) in [5.41, 5.74) is 1.67. The van der Waals surface area contributed by atoms with Crippen molar-refractivity contribution in [3.8, 4) is 0 Å². The van der Waals surface area contributed by atoms with Gasteiger partial charge < -0.3 is 0 Å². The molecule has 1 aromatic heterocycles. The van der Waals surface area contributed by atoms with Gasteiger partial charge in [0.15, 0.2) is 16.7 Å². The maximum Gasteiger partial charge on any atom is 0.257 e. The first-order valence-corrected chi connectivity index (χ1v) is 9.37. The number of amides is 1. The minimum Gasteiger partial charge on any atom is -0.298 e. The van der Waals surface area contributed by atoms with Crippen LogP contribution in [0.1, 0.15) is 66.8 Å². The van der Waals surface area contributed by atoms with Gasteiger partial charge in [-0.3, -0.25) is 19.7 Å². The summed E-state index contributed by atoms with van der Waals surface area (Å²) < 4.78 is 0. The fraction of sp³-hybridized carbons (Fsp3) is 0.143. The van der Waals surface area contributed by atoms with E-state index in [1.165, 1.54) is 17.4 Å². The van der Waals surface area contributed by atoms with E-state index in [9.17, 15) is 14.4 Å². The molecule has 0 atom stereocenters. The molecule has 0 saturated heterocycles. The summed E-state index contributed by atoms with van der Waals surface area (Å²) in [4.78, 5) is 43.3. The zero-order valence-corrected chi connectivity index (χ0v) is 15.6. The van der Waals surface area contributed by atoms with Crippen LogP contribution < -0.4 is 5.32 Å². The van der Waals surface area contributed by atoms with Gasteiger partial charge in [-0.1, -0.05) is 38.1 Å². The van der Waals surface area contributed by atoms with E-state index >= 15 is 0 Å². The Balaban J connectivity index is 1.65. The predicted molar refractivity (Wildman–Crippen MR) is 104 cm³/mol. The van der Waals surface area contributed by atoms with E-state index in [0.717, 1.165) is 4.88 Å². The van der Waals surface area contributed by atoms with Gasteiger partial charge >= 0.3 is 0 Å². The van der Waals surface area contributed by atoms with E-state index in [1.54, 1.807) is 42.6 Å². The van der Waals surface area contributed by atoms with Gasteiger partial charge in [0, 0.05) is 38.9 Å². The topological polar surface area (TPSA) is 76.1 Å². The second-order valence-electron chi connectivity index (χ2n) is 6.64. The van der Waals surface area contributed by atoms with E-state index in [0.29, 0.717) is 33.3 Å². The normalized spacial score (nSPS) is 12.7. The highest BCUT2D eigenvalue weighted by Crippen LogP contribution is 2.29. The first-order valence-electron chi connectivity index (χ1n) is 8.55. The number of rotatable bonds is 3.